The zero-order chi connectivity index (χ0) is 23.6. The molecule has 0 fully saturated rings. The molecule has 0 unspecified atom stereocenters. The molecule has 0 spiro atoms. The van der Waals surface area contributed by atoms with Crippen molar-refractivity contribution in [1.29, 1.82) is 0 Å². The second kappa shape index (κ2) is 9.22. The molecule has 0 bridgehead atoms. The van der Waals surface area contributed by atoms with E-state index in [1.165, 1.54) is 6.07 Å². The number of aromatic nitrogens is 2. The molecule has 4 N–H and O–H groups in total. The van der Waals surface area contributed by atoms with E-state index in [1.807, 2.05) is 24.3 Å². The Morgan fingerprint density at radius 2 is 1.94 bits per heavy atom. The number of nitrogens with zero attached hydrogens (tertiary/aromatic N) is 1. The molecule has 1 amide bonds. The second-order valence-electron chi connectivity index (χ2n) is 7.48. The normalized spacial score (nSPS) is 11.5. The number of nitrogens with one attached hydrogen (secondary N) is 2. The van der Waals surface area contributed by atoms with Crippen LogP contribution < -0.4 is 19.9 Å². The van der Waals surface area contributed by atoms with Gasteiger partial charge < -0.3 is 10.1 Å². The van der Waals surface area contributed by atoms with E-state index < -0.39 is 10.0 Å². The average molecular weight is 486 g/mol. The summed E-state index contributed by atoms with van der Waals surface area (Å²) < 4.78 is 31.6. The SMILES string of the molecule is COc1cccc(C[n+]2[nH]cc3c(S(N)(=O)=O)cc(NC(=O)Cc4ccccc4Cl)cc32)c1. The van der Waals surface area contributed by atoms with Crippen LogP contribution in [0.3, 0.4) is 0 Å². The third-order valence-corrected chi connectivity index (χ3v) is 6.47. The monoisotopic (exact) mass is 485 g/mol. The molecule has 10 heteroatoms. The zero-order valence-electron chi connectivity index (χ0n) is 17.7. The third kappa shape index (κ3) is 5.16. The smallest absolute Gasteiger partial charge is 0.242 e. The Hall–Kier alpha value is -3.40. The zero-order valence-corrected chi connectivity index (χ0v) is 19.3. The molecule has 1 aromatic heterocycles. The first-order valence-corrected chi connectivity index (χ1v) is 11.9. The van der Waals surface area contributed by atoms with Gasteiger partial charge in [-0.1, -0.05) is 41.9 Å². The van der Waals surface area contributed by atoms with Crippen LogP contribution in [0.5, 0.6) is 5.75 Å². The van der Waals surface area contributed by atoms with Crippen molar-refractivity contribution in [2.45, 2.75) is 17.9 Å². The Morgan fingerprint density at radius 1 is 1.15 bits per heavy atom. The van der Waals surface area contributed by atoms with Gasteiger partial charge in [-0.3, -0.25) is 4.79 Å². The molecule has 0 saturated carbocycles. The summed E-state index contributed by atoms with van der Waals surface area (Å²) in [5.74, 6) is 0.374. The topological polar surface area (TPSA) is 118 Å². The van der Waals surface area contributed by atoms with E-state index in [0.29, 0.717) is 39.5 Å². The molecule has 0 saturated heterocycles. The van der Waals surface area contributed by atoms with Gasteiger partial charge in [0.2, 0.25) is 21.4 Å². The van der Waals surface area contributed by atoms with Crippen LogP contribution in [0.1, 0.15) is 11.1 Å². The van der Waals surface area contributed by atoms with E-state index in [9.17, 15) is 13.2 Å². The molecule has 0 aliphatic heterocycles. The number of halogens is 1. The van der Waals surface area contributed by atoms with Crippen LogP contribution in [0.4, 0.5) is 5.69 Å². The Morgan fingerprint density at radius 3 is 2.67 bits per heavy atom. The Kier molecular flexibility index (Phi) is 6.37. The molecule has 0 aliphatic rings. The number of hydrogen-bond acceptors (Lipinski definition) is 4. The number of fused-ring (bicyclic) bond motifs is 1. The van der Waals surface area contributed by atoms with Crippen molar-refractivity contribution in [2.75, 3.05) is 12.4 Å². The maximum Gasteiger partial charge on any atom is 0.242 e. The van der Waals surface area contributed by atoms with Gasteiger partial charge >= 0.3 is 0 Å². The largest absolute Gasteiger partial charge is 0.497 e. The third-order valence-electron chi connectivity index (χ3n) is 5.15. The number of ether oxygens (including phenoxy) is 1. The summed E-state index contributed by atoms with van der Waals surface area (Å²) >= 11 is 6.15. The van der Waals surface area contributed by atoms with E-state index in [-0.39, 0.29) is 17.2 Å². The number of rotatable bonds is 7. The quantitative estimate of drug-likeness (QED) is 0.349. The molecule has 1 heterocycles. The fourth-order valence-electron chi connectivity index (χ4n) is 3.60. The standard InChI is InChI=1S/C23H21ClN4O4S/c1-32-18-7-4-5-15(9-18)14-28-21-11-17(12-22(33(25,30)31)19(21)13-26-28)27-23(29)10-16-6-2-3-8-20(16)24/h2-9,11-13H,10,14H2,1H3,(H3,25,26,27,29,30,31)/p+1. The second-order valence-corrected chi connectivity index (χ2v) is 9.42. The number of sulfonamides is 1. The first kappa shape index (κ1) is 22.8. The summed E-state index contributed by atoms with van der Waals surface area (Å²) in [5.41, 5.74) is 2.48. The van der Waals surface area contributed by atoms with E-state index in [2.05, 4.69) is 10.4 Å². The van der Waals surface area contributed by atoms with Crippen LogP contribution in [-0.4, -0.2) is 26.5 Å². The first-order chi connectivity index (χ1) is 15.7. The number of carbonyl (C=O) groups is 1. The van der Waals surface area contributed by atoms with Crippen molar-refractivity contribution in [3.8, 4) is 5.75 Å². The van der Waals surface area contributed by atoms with Gasteiger partial charge in [0.25, 0.3) is 0 Å². The number of carbonyl (C=O) groups excluding carboxylic acids is 1. The van der Waals surface area contributed by atoms with Crippen molar-refractivity contribution in [3.63, 3.8) is 0 Å². The van der Waals surface area contributed by atoms with Gasteiger partial charge in [0, 0.05) is 22.3 Å². The van der Waals surface area contributed by atoms with Crippen molar-refractivity contribution in [2.24, 2.45) is 5.14 Å². The van der Waals surface area contributed by atoms with Crippen molar-refractivity contribution in [3.05, 3.63) is 83.0 Å². The van der Waals surface area contributed by atoms with Crippen LogP contribution in [0.2, 0.25) is 5.02 Å². The molecule has 4 rings (SSSR count). The van der Waals surface area contributed by atoms with Crippen molar-refractivity contribution >= 4 is 44.1 Å². The number of anilines is 1. The lowest BCUT2D eigenvalue weighted by Gasteiger charge is -2.08. The van der Waals surface area contributed by atoms with E-state index >= 15 is 0 Å². The lowest BCUT2D eigenvalue weighted by molar-refractivity contribution is -0.718. The van der Waals surface area contributed by atoms with Crippen LogP contribution in [0.25, 0.3) is 10.9 Å². The molecule has 4 aromatic rings. The Balaban J connectivity index is 1.70. The van der Waals surface area contributed by atoms with E-state index in [1.54, 1.807) is 48.3 Å². The van der Waals surface area contributed by atoms with Gasteiger partial charge in [0.15, 0.2) is 6.54 Å². The molecule has 170 valence electrons. The number of methoxy groups -OCH3 is 1. The lowest BCUT2D eigenvalue weighted by Crippen LogP contribution is -2.36. The Bertz CT molecular complexity index is 1450. The Labute approximate surface area is 196 Å². The number of nitrogens with two attached hydrogens (primary N) is 1. The fraction of sp³-hybridized carbons (Fsp3) is 0.130. The highest BCUT2D eigenvalue weighted by molar-refractivity contribution is 7.89. The molecular formula is C23H22ClN4O4S+. The van der Waals surface area contributed by atoms with E-state index in [0.717, 1.165) is 5.56 Å². The number of amides is 1. The molecule has 3 aromatic carbocycles. The minimum atomic E-state index is -4.05. The number of benzene rings is 3. The summed E-state index contributed by atoms with van der Waals surface area (Å²) in [6.45, 7) is 0.418. The van der Waals surface area contributed by atoms with Crippen LogP contribution in [0, 0.1) is 0 Å². The summed E-state index contributed by atoms with van der Waals surface area (Å²) in [5, 5.41) is 12.2. The summed E-state index contributed by atoms with van der Waals surface area (Å²) in [6, 6.07) is 17.6. The minimum absolute atomic E-state index is 0.0410. The van der Waals surface area contributed by atoms with Gasteiger partial charge in [-0.15, -0.1) is 4.68 Å². The maximum atomic E-state index is 12.6. The van der Waals surface area contributed by atoms with Crippen LogP contribution in [0.15, 0.2) is 71.8 Å². The molecule has 8 nitrogen and oxygen atoms in total. The highest BCUT2D eigenvalue weighted by Crippen LogP contribution is 2.26. The number of hydrogen-bond donors (Lipinski definition) is 3. The summed E-state index contributed by atoms with van der Waals surface area (Å²) in [6.07, 6.45) is 1.62. The number of aromatic amines is 1. The van der Waals surface area contributed by atoms with Crippen LogP contribution in [-0.2, 0) is 27.8 Å². The molecule has 0 aliphatic carbocycles. The minimum Gasteiger partial charge on any atom is -0.497 e. The highest BCUT2D eigenvalue weighted by Gasteiger charge is 2.23. The molecule has 0 atom stereocenters. The molecule has 0 radical (unpaired) electrons. The summed E-state index contributed by atoms with van der Waals surface area (Å²) in [4.78, 5) is 12.5. The lowest BCUT2D eigenvalue weighted by atomic mass is 10.1. The van der Waals surface area contributed by atoms with Gasteiger partial charge in [0.1, 0.15) is 5.75 Å². The van der Waals surface area contributed by atoms with Crippen LogP contribution >= 0.6 is 11.6 Å². The highest BCUT2D eigenvalue weighted by atomic mass is 35.5. The first-order valence-electron chi connectivity index (χ1n) is 9.98. The van der Waals surface area contributed by atoms with Gasteiger partial charge in [-0.2, -0.15) is 5.10 Å². The predicted molar refractivity (Wildman–Crippen MR) is 126 cm³/mol. The number of primary sulfonamides is 1. The van der Waals surface area contributed by atoms with Crippen molar-refractivity contribution in [1.82, 2.24) is 5.10 Å². The predicted octanol–water partition coefficient (Wildman–Crippen LogP) is 2.99. The van der Waals surface area contributed by atoms with Gasteiger partial charge in [0.05, 0.1) is 30.0 Å². The summed E-state index contributed by atoms with van der Waals surface area (Å²) in [7, 11) is -2.46. The number of H-pyrrole nitrogens is 1. The van der Waals surface area contributed by atoms with Crippen molar-refractivity contribution < 1.29 is 22.6 Å². The van der Waals surface area contributed by atoms with Gasteiger partial charge in [-0.05, 0) is 29.8 Å². The molecule has 33 heavy (non-hydrogen) atoms. The van der Waals surface area contributed by atoms with E-state index in [4.69, 9.17) is 21.5 Å². The average Bonchev–Trinajstić information content (AvgIpc) is 3.16. The van der Waals surface area contributed by atoms with Gasteiger partial charge in [-0.25, -0.2) is 13.6 Å². The fourth-order valence-corrected chi connectivity index (χ4v) is 4.57. The maximum absolute atomic E-state index is 12.6. The molecular weight excluding hydrogens is 464 g/mol.